The van der Waals surface area contributed by atoms with E-state index in [-0.39, 0.29) is 32.4 Å². The maximum absolute atomic E-state index is 14.7. The van der Waals surface area contributed by atoms with Crippen molar-refractivity contribution in [1.29, 1.82) is 0 Å². The first-order chi connectivity index (χ1) is 23.4. The van der Waals surface area contributed by atoms with Crippen molar-refractivity contribution in [1.82, 2.24) is 15.1 Å². The Morgan fingerprint density at radius 2 is 1.60 bits per heavy atom. The number of alkyl carbamates (subject to hydrolysis) is 1. The minimum Gasteiger partial charge on any atom is -0.464 e. The van der Waals surface area contributed by atoms with Crippen molar-refractivity contribution in [2.24, 2.45) is 0 Å². The largest absolute Gasteiger partial charge is 0.464 e. The molecule has 0 spiro atoms. The van der Waals surface area contributed by atoms with Gasteiger partial charge in [0.15, 0.2) is 11.1 Å². The molecule has 15 heteroatoms. The number of esters is 1. The minimum atomic E-state index is -1.97. The molecular weight excluding hydrogens is 734 g/mol. The smallest absolute Gasteiger partial charge is 0.417 e. The maximum atomic E-state index is 14.7. The fourth-order valence-corrected chi connectivity index (χ4v) is 6.62. The lowest BCUT2D eigenvalue weighted by Crippen LogP contribution is -2.58. The number of carbonyl (C=O) groups excluding carboxylic acids is 5. The van der Waals surface area contributed by atoms with Crippen LogP contribution in [0.2, 0.25) is 0 Å². The van der Waals surface area contributed by atoms with Crippen LogP contribution in [0, 0.1) is 0 Å². The third-order valence-electron chi connectivity index (χ3n) is 7.64. The molecule has 2 heterocycles. The van der Waals surface area contributed by atoms with E-state index in [1.165, 1.54) is 4.90 Å². The second-order valence-electron chi connectivity index (χ2n) is 14.1. The van der Waals surface area contributed by atoms with Crippen LogP contribution < -0.4 is 5.32 Å². The van der Waals surface area contributed by atoms with Gasteiger partial charge in [-0.3, -0.25) is 13.8 Å². The van der Waals surface area contributed by atoms with Gasteiger partial charge in [-0.2, -0.15) is 0 Å². The predicted molar refractivity (Wildman–Crippen MR) is 189 cm³/mol. The van der Waals surface area contributed by atoms with Crippen LogP contribution in [0.3, 0.4) is 0 Å². The average Bonchev–Trinajstić information content (AvgIpc) is 3.42. The first-order valence-corrected chi connectivity index (χ1v) is 18.8. The van der Waals surface area contributed by atoms with E-state index in [0.717, 1.165) is 22.2 Å². The highest BCUT2D eigenvalue weighted by Gasteiger charge is 2.49. The van der Waals surface area contributed by atoms with Gasteiger partial charge in [-0.05, 0) is 98.4 Å². The summed E-state index contributed by atoms with van der Waals surface area (Å²) in [5.74, 6) is -2.32. The highest BCUT2D eigenvalue weighted by molar-refractivity contribution is 9.10. The van der Waals surface area contributed by atoms with Crippen LogP contribution in [0.25, 0.3) is 0 Å². The Labute approximate surface area is 305 Å². The number of ether oxygens (including phenoxy) is 3. The summed E-state index contributed by atoms with van der Waals surface area (Å²) in [7, 11) is 0. The number of allylic oxidation sites excluding steroid dienone is 1. The Morgan fingerprint density at radius 3 is 2.22 bits per heavy atom. The van der Waals surface area contributed by atoms with Gasteiger partial charge in [-0.1, -0.05) is 40.9 Å². The molecule has 0 bridgehead atoms. The highest BCUT2D eigenvalue weighted by Crippen LogP contribution is 2.29. The number of nitrogens with zero attached hydrogens (tertiary/aromatic N) is 2. The second kappa shape index (κ2) is 18.3. The first kappa shape index (κ1) is 41.1. The SMILES string of the molecule is CCOC(=O)C1C/C=C\CCCCC[C@H](NC(=O)OC(C)(C)C)C(=O)N2C[C@@H](OS(=O)c3ccc(Br)cc3)CC2C(=O)N1C(=O)OC(C)(C)C. The number of hydrogen-bond donors (Lipinski definition) is 1. The molecule has 0 radical (unpaired) electrons. The Morgan fingerprint density at radius 1 is 0.940 bits per heavy atom. The maximum Gasteiger partial charge on any atom is 0.417 e. The lowest BCUT2D eigenvalue weighted by atomic mass is 10.0. The molecule has 0 aliphatic carbocycles. The second-order valence-corrected chi connectivity index (χ2v) is 16.2. The molecule has 2 aliphatic rings. The van der Waals surface area contributed by atoms with E-state index < -0.39 is 76.5 Å². The third kappa shape index (κ3) is 12.5. The Bertz CT molecular complexity index is 1420. The van der Waals surface area contributed by atoms with Crippen LogP contribution in [0.5, 0.6) is 0 Å². The lowest BCUT2D eigenvalue weighted by molar-refractivity contribution is -0.156. The zero-order valence-electron chi connectivity index (χ0n) is 29.9. The van der Waals surface area contributed by atoms with E-state index in [4.69, 9.17) is 18.4 Å². The number of amides is 4. The number of benzene rings is 1. The van der Waals surface area contributed by atoms with E-state index >= 15 is 0 Å². The van der Waals surface area contributed by atoms with Gasteiger partial charge in [0.1, 0.15) is 29.3 Å². The number of rotatable bonds is 6. The standard InChI is InChI=1S/C35H50BrN3O10S/c1-8-46-31(42)27-16-14-12-10-9-11-13-15-26(37-32(43)47-34(2,3)4)29(40)38-22-24(49-50(45)25-19-17-23(36)18-20-25)21-28(38)30(41)39(27)33(44)48-35(5,6)7/h12,14,17-20,24,26-28H,8-11,13,15-16,21-22H2,1-7H3,(H,37,43)/b14-12-/t24-,26-,27?,28?,50?/m0/s1. The summed E-state index contributed by atoms with van der Waals surface area (Å²) >= 11 is 1.38. The van der Waals surface area contributed by atoms with Gasteiger partial charge in [-0.15, -0.1) is 0 Å². The summed E-state index contributed by atoms with van der Waals surface area (Å²) in [6.45, 7) is 11.4. The quantitative estimate of drug-likeness (QED) is 0.208. The fourth-order valence-electron chi connectivity index (χ4n) is 5.50. The zero-order valence-corrected chi connectivity index (χ0v) is 32.3. The lowest BCUT2D eigenvalue weighted by Gasteiger charge is -2.35. The highest BCUT2D eigenvalue weighted by atomic mass is 79.9. The Balaban J connectivity index is 2.10. The molecule has 5 atom stereocenters. The molecule has 1 N–H and O–H groups in total. The molecule has 2 aliphatic heterocycles. The predicted octanol–water partition coefficient (Wildman–Crippen LogP) is 5.96. The van der Waals surface area contributed by atoms with Crippen molar-refractivity contribution in [2.75, 3.05) is 13.2 Å². The molecule has 1 aromatic carbocycles. The van der Waals surface area contributed by atoms with Gasteiger partial charge in [-0.25, -0.2) is 23.5 Å². The molecule has 3 rings (SSSR count). The molecule has 278 valence electrons. The van der Waals surface area contributed by atoms with E-state index in [9.17, 15) is 28.2 Å². The Kier molecular flexibility index (Phi) is 15.0. The zero-order chi connectivity index (χ0) is 37.2. The number of nitrogens with one attached hydrogen (secondary N) is 1. The molecule has 4 amide bonds. The average molecular weight is 785 g/mol. The van der Waals surface area contributed by atoms with Crippen molar-refractivity contribution >= 4 is 57.0 Å². The van der Waals surface area contributed by atoms with Gasteiger partial charge in [0.05, 0.1) is 17.6 Å². The number of imide groups is 1. The normalized spacial score (nSPS) is 23.9. The van der Waals surface area contributed by atoms with Crippen molar-refractivity contribution in [3.63, 3.8) is 0 Å². The monoisotopic (exact) mass is 783 g/mol. The van der Waals surface area contributed by atoms with Gasteiger partial charge in [0.2, 0.25) is 5.91 Å². The number of fused-ring (bicyclic) bond motifs is 1. The summed E-state index contributed by atoms with van der Waals surface area (Å²) < 4.78 is 36.3. The molecule has 0 aromatic heterocycles. The molecular formula is C35H50BrN3O10S. The first-order valence-electron chi connectivity index (χ1n) is 16.9. The van der Waals surface area contributed by atoms with Crippen LogP contribution in [0.15, 0.2) is 45.8 Å². The molecule has 1 aromatic rings. The van der Waals surface area contributed by atoms with E-state index in [1.807, 2.05) is 6.08 Å². The van der Waals surface area contributed by atoms with Gasteiger partial charge in [0, 0.05) is 17.4 Å². The molecule has 1 saturated heterocycles. The molecule has 0 saturated carbocycles. The van der Waals surface area contributed by atoms with Gasteiger partial charge < -0.3 is 24.4 Å². The van der Waals surface area contributed by atoms with Crippen LogP contribution >= 0.6 is 15.9 Å². The topological polar surface area (TPSA) is 158 Å². The number of halogens is 1. The minimum absolute atomic E-state index is 0.000758. The van der Waals surface area contributed by atoms with E-state index in [1.54, 1.807) is 78.8 Å². The fraction of sp³-hybridized carbons (Fsp3) is 0.629. The van der Waals surface area contributed by atoms with Crippen molar-refractivity contribution in [3.8, 4) is 0 Å². The Hall–Kier alpha value is -3.30. The number of hydrogen-bond acceptors (Lipinski definition) is 10. The molecule has 13 nitrogen and oxygen atoms in total. The summed E-state index contributed by atoms with van der Waals surface area (Å²) in [5, 5.41) is 2.68. The van der Waals surface area contributed by atoms with Crippen molar-refractivity contribution < 1.29 is 46.6 Å². The summed E-state index contributed by atoms with van der Waals surface area (Å²) in [4.78, 5) is 71.5. The van der Waals surface area contributed by atoms with Gasteiger partial charge >= 0.3 is 18.2 Å². The van der Waals surface area contributed by atoms with Crippen molar-refractivity contribution in [2.45, 2.75) is 134 Å². The van der Waals surface area contributed by atoms with Crippen LogP contribution in [-0.2, 0) is 43.9 Å². The summed E-state index contributed by atoms with van der Waals surface area (Å²) in [5.41, 5.74) is -1.87. The van der Waals surface area contributed by atoms with Crippen LogP contribution in [-0.4, -0.2) is 92.6 Å². The van der Waals surface area contributed by atoms with Crippen LogP contribution in [0.4, 0.5) is 9.59 Å². The molecule has 1 fully saturated rings. The third-order valence-corrected chi connectivity index (χ3v) is 9.27. The van der Waals surface area contributed by atoms with E-state index in [2.05, 4.69) is 21.2 Å². The summed E-state index contributed by atoms with van der Waals surface area (Å²) in [6.07, 6.45) is 3.55. The summed E-state index contributed by atoms with van der Waals surface area (Å²) in [6, 6.07) is 2.81. The van der Waals surface area contributed by atoms with Crippen LogP contribution in [0.1, 0.15) is 93.4 Å². The van der Waals surface area contributed by atoms with Crippen molar-refractivity contribution in [3.05, 3.63) is 40.9 Å². The molecule has 50 heavy (non-hydrogen) atoms. The number of carbonyl (C=O) groups is 5. The molecule has 3 unspecified atom stereocenters. The van der Waals surface area contributed by atoms with E-state index in [0.29, 0.717) is 17.7 Å². The van der Waals surface area contributed by atoms with Gasteiger partial charge in [0.25, 0.3) is 5.91 Å².